The average Bonchev–Trinajstić information content (AvgIpc) is 3.07. The maximum absolute atomic E-state index is 6.06. The van der Waals surface area contributed by atoms with Gasteiger partial charge in [-0.25, -0.2) is 0 Å². The molecule has 1 aliphatic carbocycles. The molecule has 0 saturated heterocycles. The van der Waals surface area contributed by atoms with Gasteiger partial charge in [-0.2, -0.15) is 0 Å². The lowest BCUT2D eigenvalue weighted by molar-refractivity contribution is 0.221. The minimum absolute atomic E-state index is 0.249. The molecule has 4 rings (SSSR count). The van der Waals surface area contributed by atoms with Crippen LogP contribution in [0.1, 0.15) is 29.2 Å². The second-order valence-corrected chi connectivity index (χ2v) is 6.33. The summed E-state index contributed by atoms with van der Waals surface area (Å²) in [5, 5.41) is 4.50. The number of fused-ring (bicyclic) bond motifs is 2. The summed E-state index contributed by atoms with van der Waals surface area (Å²) >= 11 is 6.06. The Morgan fingerprint density at radius 2 is 2.05 bits per heavy atom. The number of rotatable bonds is 3. The Balaban J connectivity index is 1.40. The highest BCUT2D eigenvalue weighted by atomic mass is 35.5. The van der Waals surface area contributed by atoms with Crippen molar-refractivity contribution >= 4 is 11.6 Å². The molecule has 0 amide bonds. The van der Waals surface area contributed by atoms with Gasteiger partial charge in [0.25, 0.3) is 0 Å². The molecule has 3 heteroatoms. The summed E-state index contributed by atoms with van der Waals surface area (Å²) in [7, 11) is 0. The highest BCUT2D eigenvalue weighted by molar-refractivity contribution is 6.30. The van der Waals surface area contributed by atoms with E-state index in [4.69, 9.17) is 16.3 Å². The van der Waals surface area contributed by atoms with Crippen molar-refractivity contribution in [1.82, 2.24) is 5.32 Å². The molecule has 2 aromatic rings. The van der Waals surface area contributed by atoms with Crippen molar-refractivity contribution in [3.05, 3.63) is 64.2 Å². The van der Waals surface area contributed by atoms with Crippen molar-refractivity contribution in [2.75, 3.05) is 6.54 Å². The lowest BCUT2D eigenvalue weighted by atomic mass is 10.1. The van der Waals surface area contributed by atoms with Gasteiger partial charge in [-0.05, 0) is 47.7 Å². The van der Waals surface area contributed by atoms with Crippen LogP contribution in [0.15, 0.2) is 42.5 Å². The second-order valence-electron chi connectivity index (χ2n) is 5.89. The van der Waals surface area contributed by atoms with Crippen molar-refractivity contribution in [3.8, 4) is 5.75 Å². The molecule has 0 aromatic heterocycles. The minimum atomic E-state index is 0.249. The number of nitrogens with one attached hydrogen (secondary N) is 1. The number of hydrogen-bond acceptors (Lipinski definition) is 2. The Morgan fingerprint density at radius 1 is 1.14 bits per heavy atom. The first-order valence-corrected chi connectivity index (χ1v) is 7.93. The Bertz CT molecular complexity index is 645. The molecule has 0 bridgehead atoms. The zero-order chi connectivity index (χ0) is 14.2. The number of hydrogen-bond donors (Lipinski definition) is 1. The van der Waals surface area contributed by atoms with Gasteiger partial charge in [0.2, 0.25) is 0 Å². The van der Waals surface area contributed by atoms with E-state index in [9.17, 15) is 0 Å². The van der Waals surface area contributed by atoms with Gasteiger partial charge in [0.1, 0.15) is 11.9 Å². The molecule has 0 radical (unpaired) electrons. The fourth-order valence-electron chi connectivity index (χ4n) is 3.44. The largest absolute Gasteiger partial charge is 0.488 e. The quantitative estimate of drug-likeness (QED) is 0.927. The SMILES string of the molecule is Clc1ccc2c(c1)CCC2NCC1Cc2ccccc2O1. The van der Waals surface area contributed by atoms with E-state index in [1.165, 1.54) is 16.7 Å². The first-order chi connectivity index (χ1) is 10.3. The van der Waals surface area contributed by atoms with Gasteiger partial charge in [0.15, 0.2) is 0 Å². The number of benzene rings is 2. The summed E-state index contributed by atoms with van der Waals surface area (Å²) < 4.78 is 5.99. The Kier molecular flexibility index (Phi) is 3.36. The van der Waals surface area contributed by atoms with Gasteiger partial charge in [0, 0.05) is 24.0 Å². The van der Waals surface area contributed by atoms with Crippen LogP contribution in [0.5, 0.6) is 5.75 Å². The van der Waals surface area contributed by atoms with Crippen LogP contribution >= 0.6 is 11.6 Å². The molecule has 2 aromatic carbocycles. The Morgan fingerprint density at radius 3 is 2.95 bits per heavy atom. The summed E-state index contributed by atoms with van der Waals surface area (Å²) in [4.78, 5) is 0. The molecular weight excluding hydrogens is 282 g/mol. The number of ether oxygens (including phenoxy) is 1. The molecular formula is C18H18ClNO. The van der Waals surface area contributed by atoms with Gasteiger partial charge >= 0.3 is 0 Å². The predicted molar refractivity (Wildman–Crippen MR) is 85.1 cm³/mol. The third-order valence-corrected chi connectivity index (χ3v) is 4.72. The maximum Gasteiger partial charge on any atom is 0.123 e. The van der Waals surface area contributed by atoms with Gasteiger partial charge in [-0.15, -0.1) is 0 Å². The summed E-state index contributed by atoms with van der Waals surface area (Å²) in [6.07, 6.45) is 3.51. The van der Waals surface area contributed by atoms with Crippen molar-refractivity contribution in [1.29, 1.82) is 0 Å². The zero-order valence-electron chi connectivity index (χ0n) is 11.8. The first-order valence-electron chi connectivity index (χ1n) is 7.56. The third kappa shape index (κ3) is 2.54. The van der Waals surface area contributed by atoms with E-state index < -0.39 is 0 Å². The van der Waals surface area contributed by atoms with Crippen molar-refractivity contribution in [2.45, 2.75) is 31.4 Å². The monoisotopic (exact) mass is 299 g/mol. The molecule has 2 aliphatic rings. The summed E-state index contributed by atoms with van der Waals surface area (Å²) in [5.74, 6) is 1.04. The van der Waals surface area contributed by atoms with Crippen LogP contribution in [-0.4, -0.2) is 12.6 Å². The highest BCUT2D eigenvalue weighted by Crippen LogP contribution is 2.33. The van der Waals surface area contributed by atoms with Gasteiger partial charge in [0.05, 0.1) is 0 Å². The lowest BCUT2D eigenvalue weighted by Crippen LogP contribution is -2.32. The van der Waals surface area contributed by atoms with E-state index in [-0.39, 0.29) is 6.10 Å². The van der Waals surface area contributed by atoms with Crippen LogP contribution in [0, 0.1) is 0 Å². The average molecular weight is 300 g/mol. The van der Waals surface area contributed by atoms with E-state index >= 15 is 0 Å². The smallest absolute Gasteiger partial charge is 0.123 e. The molecule has 21 heavy (non-hydrogen) atoms. The number of aryl methyl sites for hydroxylation is 1. The van der Waals surface area contributed by atoms with Crippen LogP contribution < -0.4 is 10.1 Å². The fraction of sp³-hybridized carbons (Fsp3) is 0.333. The van der Waals surface area contributed by atoms with Crippen molar-refractivity contribution in [2.24, 2.45) is 0 Å². The van der Waals surface area contributed by atoms with E-state index in [1.807, 2.05) is 12.1 Å². The van der Waals surface area contributed by atoms with Crippen LogP contribution in [0.4, 0.5) is 0 Å². The molecule has 2 nitrogen and oxygen atoms in total. The van der Waals surface area contributed by atoms with E-state index in [1.54, 1.807) is 0 Å². The molecule has 108 valence electrons. The molecule has 0 saturated carbocycles. The first kappa shape index (κ1) is 13.2. The zero-order valence-corrected chi connectivity index (χ0v) is 12.6. The summed E-state index contributed by atoms with van der Waals surface area (Å²) in [6, 6.07) is 15.0. The van der Waals surface area contributed by atoms with Gasteiger partial charge in [-0.3, -0.25) is 0 Å². The van der Waals surface area contributed by atoms with Crippen LogP contribution in [-0.2, 0) is 12.8 Å². The topological polar surface area (TPSA) is 21.3 Å². The summed E-state index contributed by atoms with van der Waals surface area (Å²) in [6.45, 7) is 0.890. The van der Waals surface area contributed by atoms with Crippen molar-refractivity contribution in [3.63, 3.8) is 0 Å². The molecule has 1 heterocycles. The van der Waals surface area contributed by atoms with Crippen LogP contribution in [0.3, 0.4) is 0 Å². The van der Waals surface area contributed by atoms with Crippen molar-refractivity contribution < 1.29 is 4.74 Å². The minimum Gasteiger partial charge on any atom is -0.488 e. The highest BCUT2D eigenvalue weighted by Gasteiger charge is 2.26. The fourth-order valence-corrected chi connectivity index (χ4v) is 3.63. The van der Waals surface area contributed by atoms with Crippen LogP contribution in [0.2, 0.25) is 5.02 Å². The summed E-state index contributed by atoms with van der Waals surface area (Å²) in [5.41, 5.74) is 4.11. The lowest BCUT2D eigenvalue weighted by Gasteiger charge is -2.17. The van der Waals surface area contributed by atoms with E-state index in [0.717, 1.165) is 36.6 Å². The number of halogens is 1. The van der Waals surface area contributed by atoms with Gasteiger partial charge < -0.3 is 10.1 Å². The molecule has 0 spiro atoms. The van der Waals surface area contributed by atoms with E-state index in [0.29, 0.717) is 6.04 Å². The second kappa shape index (κ2) is 5.36. The molecule has 2 unspecified atom stereocenters. The maximum atomic E-state index is 6.06. The molecule has 1 N–H and O–H groups in total. The van der Waals surface area contributed by atoms with E-state index in [2.05, 4.69) is 35.6 Å². The number of para-hydroxylation sites is 1. The normalized spacial score (nSPS) is 22.7. The molecule has 1 aliphatic heterocycles. The Labute approximate surface area is 130 Å². The Hall–Kier alpha value is -1.51. The van der Waals surface area contributed by atoms with Crippen LogP contribution in [0.25, 0.3) is 0 Å². The molecule has 0 fully saturated rings. The molecule has 2 atom stereocenters. The third-order valence-electron chi connectivity index (χ3n) is 4.49. The predicted octanol–water partition coefficient (Wildman–Crippen LogP) is 3.92. The standard InChI is InChI=1S/C18H18ClNO/c19-14-6-7-16-12(9-14)5-8-17(16)20-11-15-10-13-3-1-2-4-18(13)21-15/h1-4,6-7,9,15,17,20H,5,8,10-11H2. The van der Waals surface area contributed by atoms with Gasteiger partial charge in [-0.1, -0.05) is 35.9 Å².